The highest BCUT2D eigenvalue weighted by atomic mass is 32.1. The van der Waals surface area contributed by atoms with Crippen LogP contribution in [0.25, 0.3) is 86.3 Å². The number of hydrogen-bond donors (Lipinski definition) is 0. The van der Waals surface area contributed by atoms with E-state index in [9.17, 15) is 0 Å². The van der Waals surface area contributed by atoms with E-state index in [0.29, 0.717) is 0 Å². The molecule has 0 spiro atoms. The molecule has 0 radical (unpaired) electrons. The lowest BCUT2D eigenvalue weighted by Crippen LogP contribution is -2.10. The van der Waals surface area contributed by atoms with Crippen LogP contribution in [0.15, 0.2) is 205 Å². The van der Waals surface area contributed by atoms with Gasteiger partial charge in [-0.2, -0.15) is 0 Å². The largest absolute Gasteiger partial charge is 0.455 e. The number of thiophene rings is 1. The molecule has 2 heterocycles. The van der Waals surface area contributed by atoms with Crippen LogP contribution < -0.4 is 4.90 Å². The van der Waals surface area contributed by atoms with E-state index in [0.717, 1.165) is 61.3 Å². The van der Waals surface area contributed by atoms with Gasteiger partial charge in [-0.1, -0.05) is 140 Å². The number of anilines is 3. The third-order valence-electron chi connectivity index (χ3n) is 10.9. The Hall–Kier alpha value is -6.94. The minimum atomic E-state index is 0.900. The molecular formula is C52H33NOS. The summed E-state index contributed by atoms with van der Waals surface area (Å²) in [6, 6.07) is 72.3. The van der Waals surface area contributed by atoms with Crippen molar-refractivity contribution in [3.05, 3.63) is 200 Å². The van der Waals surface area contributed by atoms with Crippen molar-refractivity contribution in [1.82, 2.24) is 0 Å². The fourth-order valence-electron chi connectivity index (χ4n) is 8.19. The Morgan fingerprint density at radius 3 is 1.91 bits per heavy atom. The van der Waals surface area contributed by atoms with Crippen molar-refractivity contribution < 1.29 is 4.42 Å². The zero-order chi connectivity index (χ0) is 36.3. The highest BCUT2D eigenvalue weighted by molar-refractivity contribution is 7.25. The molecule has 0 N–H and O–H groups in total. The van der Waals surface area contributed by atoms with Gasteiger partial charge < -0.3 is 9.32 Å². The molecule has 0 bridgehead atoms. The predicted molar refractivity (Wildman–Crippen MR) is 235 cm³/mol. The number of hydrogen-bond acceptors (Lipinski definition) is 3. The standard InChI is InChI=1S/C52H33NOS/c1-2-12-36(13-3-1)47-32-40(27-29-42(47)45-17-10-18-46-43-15-6-8-19-49(43)54-52(45)46)53(41-28-30-51-48(33-41)44-16-7-9-20-50(44)55-51)39-25-23-35(24-26-39)38-22-21-34-11-4-5-14-37(34)31-38/h1-33H. The average molecular weight is 720 g/mol. The van der Waals surface area contributed by atoms with E-state index in [4.69, 9.17) is 4.42 Å². The lowest BCUT2D eigenvalue weighted by molar-refractivity contribution is 0.670. The van der Waals surface area contributed by atoms with Crippen LogP contribution >= 0.6 is 11.3 Å². The van der Waals surface area contributed by atoms with Gasteiger partial charge in [0.1, 0.15) is 11.2 Å². The van der Waals surface area contributed by atoms with Gasteiger partial charge in [-0.05, 0) is 99.3 Å². The van der Waals surface area contributed by atoms with Crippen LogP contribution in [0.3, 0.4) is 0 Å². The highest BCUT2D eigenvalue weighted by Gasteiger charge is 2.20. The zero-order valence-corrected chi connectivity index (χ0v) is 30.6. The molecular weight excluding hydrogens is 687 g/mol. The van der Waals surface area contributed by atoms with Gasteiger partial charge in [0.25, 0.3) is 0 Å². The Balaban J connectivity index is 1.11. The van der Waals surface area contributed by atoms with Crippen molar-refractivity contribution in [2.45, 2.75) is 0 Å². The molecule has 0 amide bonds. The van der Waals surface area contributed by atoms with Crippen molar-refractivity contribution in [3.8, 4) is 33.4 Å². The molecule has 0 saturated carbocycles. The second-order valence-electron chi connectivity index (χ2n) is 14.1. The van der Waals surface area contributed by atoms with Crippen LogP contribution in [0.4, 0.5) is 17.1 Å². The molecule has 11 aromatic rings. The van der Waals surface area contributed by atoms with E-state index in [1.165, 1.54) is 42.1 Å². The number of fused-ring (bicyclic) bond motifs is 7. The van der Waals surface area contributed by atoms with E-state index in [1.54, 1.807) is 0 Å². The molecule has 0 atom stereocenters. The fraction of sp³-hybridized carbons (Fsp3) is 0. The van der Waals surface area contributed by atoms with Crippen molar-refractivity contribution in [1.29, 1.82) is 0 Å². The molecule has 3 heteroatoms. The molecule has 0 fully saturated rings. The minimum Gasteiger partial charge on any atom is -0.455 e. The zero-order valence-electron chi connectivity index (χ0n) is 29.8. The summed E-state index contributed by atoms with van der Waals surface area (Å²) in [5.74, 6) is 0. The third-order valence-corrected chi connectivity index (χ3v) is 12.0. The molecule has 0 unspecified atom stereocenters. The molecule has 0 aliphatic heterocycles. The maximum absolute atomic E-state index is 6.58. The number of nitrogens with zero attached hydrogens (tertiary/aromatic N) is 1. The van der Waals surface area contributed by atoms with Crippen LogP contribution in [0.1, 0.15) is 0 Å². The van der Waals surface area contributed by atoms with Crippen molar-refractivity contribution >= 4 is 81.3 Å². The van der Waals surface area contributed by atoms with Gasteiger partial charge in [0, 0.05) is 53.6 Å². The summed E-state index contributed by atoms with van der Waals surface area (Å²) in [5.41, 5.74) is 12.0. The fourth-order valence-corrected chi connectivity index (χ4v) is 9.28. The lowest BCUT2D eigenvalue weighted by atomic mass is 9.92. The number of para-hydroxylation sites is 2. The molecule has 11 rings (SSSR count). The second-order valence-corrected chi connectivity index (χ2v) is 15.2. The summed E-state index contributed by atoms with van der Waals surface area (Å²) in [7, 11) is 0. The van der Waals surface area contributed by atoms with Gasteiger partial charge in [0.15, 0.2) is 0 Å². The number of furan rings is 1. The number of benzene rings is 9. The predicted octanol–water partition coefficient (Wildman–Crippen LogP) is 15.6. The van der Waals surface area contributed by atoms with Crippen molar-refractivity contribution in [3.63, 3.8) is 0 Å². The molecule has 9 aromatic carbocycles. The van der Waals surface area contributed by atoms with E-state index in [-0.39, 0.29) is 0 Å². The maximum Gasteiger partial charge on any atom is 0.143 e. The third kappa shape index (κ3) is 5.40. The van der Waals surface area contributed by atoms with Gasteiger partial charge in [-0.15, -0.1) is 11.3 Å². The lowest BCUT2D eigenvalue weighted by Gasteiger charge is -2.27. The first-order valence-electron chi connectivity index (χ1n) is 18.7. The molecule has 0 aliphatic carbocycles. The van der Waals surface area contributed by atoms with Crippen LogP contribution in [-0.4, -0.2) is 0 Å². The van der Waals surface area contributed by atoms with Crippen LogP contribution in [0.5, 0.6) is 0 Å². The summed E-state index contributed by atoms with van der Waals surface area (Å²) in [6.45, 7) is 0. The van der Waals surface area contributed by atoms with Gasteiger partial charge in [-0.3, -0.25) is 0 Å². The highest BCUT2D eigenvalue weighted by Crippen LogP contribution is 2.45. The summed E-state index contributed by atoms with van der Waals surface area (Å²) in [4.78, 5) is 2.40. The number of rotatable bonds is 6. The van der Waals surface area contributed by atoms with Crippen LogP contribution in [0.2, 0.25) is 0 Å². The molecule has 55 heavy (non-hydrogen) atoms. The first-order chi connectivity index (χ1) is 27.2. The van der Waals surface area contributed by atoms with E-state index < -0.39 is 0 Å². The van der Waals surface area contributed by atoms with Gasteiger partial charge in [0.05, 0.1) is 0 Å². The SMILES string of the molecule is c1ccc(-c2cc(N(c3ccc(-c4ccc5ccccc5c4)cc3)c3ccc4sc5ccccc5c4c3)ccc2-c2cccc3c2oc2ccccc23)cc1. The Bertz CT molecular complexity index is 3210. The first-order valence-corrected chi connectivity index (χ1v) is 19.5. The summed E-state index contributed by atoms with van der Waals surface area (Å²) in [6.07, 6.45) is 0. The van der Waals surface area contributed by atoms with Crippen molar-refractivity contribution in [2.24, 2.45) is 0 Å². The summed E-state index contributed by atoms with van der Waals surface area (Å²) < 4.78 is 9.17. The topological polar surface area (TPSA) is 16.4 Å². The normalized spacial score (nSPS) is 11.6. The average Bonchev–Trinajstić information content (AvgIpc) is 3.83. The van der Waals surface area contributed by atoms with E-state index in [1.807, 2.05) is 17.4 Å². The van der Waals surface area contributed by atoms with Crippen LogP contribution in [0, 0.1) is 0 Å². The first kappa shape index (κ1) is 31.6. The van der Waals surface area contributed by atoms with E-state index >= 15 is 0 Å². The smallest absolute Gasteiger partial charge is 0.143 e. The molecule has 258 valence electrons. The quantitative estimate of drug-likeness (QED) is 0.170. The summed E-state index contributed by atoms with van der Waals surface area (Å²) in [5, 5.41) is 7.31. The van der Waals surface area contributed by atoms with Crippen molar-refractivity contribution in [2.75, 3.05) is 4.90 Å². The van der Waals surface area contributed by atoms with Gasteiger partial charge in [0.2, 0.25) is 0 Å². The second kappa shape index (κ2) is 12.9. The van der Waals surface area contributed by atoms with Crippen LogP contribution in [-0.2, 0) is 0 Å². The monoisotopic (exact) mass is 719 g/mol. The van der Waals surface area contributed by atoms with E-state index in [2.05, 4.69) is 199 Å². The maximum atomic E-state index is 6.58. The summed E-state index contributed by atoms with van der Waals surface area (Å²) >= 11 is 1.85. The van der Waals surface area contributed by atoms with Gasteiger partial charge >= 0.3 is 0 Å². The Labute approximate surface area is 322 Å². The molecule has 0 saturated heterocycles. The van der Waals surface area contributed by atoms with Gasteiger partial charge in [-0.25, -0.2) is 0 Å². The Morgan fingerprint density at radius 2 is 1.02 bits per heavy atom. The molecule has 2 aromatic heterocycles. The molecule has 2 nitrogen and oxygen atoms in total. The Kier molecular flexibility index (Phi) is 7.39. The minimum absolute atomic E-state index is 0.900. The Morgan fingerprint density at radius 1 is 0.345 bits per heavy atom. The molecule has 0 aliphatic rings.